The summed E-state index contributed by atoms with van der Waals surface area (Å²) in [5.74, 6) is 0.592. The highest BCUT2D eigenvalue weighted by Gasteiger charge is 2.30. The molecule has 0 radical (unpaired) electrons. The van der Waals surface area contributed by atoms with Crippen molar-refractivity contribution in [2.45, 2.75) is 12.7 Å². The molecule has 0 fully saturated rings. The highest BCUT2D eigenvalue weighted by molar-refractivity contribution is 6.35. The summed E-state index contributed by atoms with van der Waals surface area (Å²) < 4.78 is 44.9. The van der Waals surface area contributed by atoms with Gasteiger partial charge in [0.15, 0.2) is 5.82 Å². The fourth-order valence-corrected chi connectivity index (χ4v) is 3.46. The molecule has 0 saturated carbocycles. The Hall–Kier alpha value is -3.56. The first kappa shape index (κ1) is 23.6. The van der Waals surface area contributed by atoms with Gasteiger partial charge in [0.1, 0.15) is 17.2 Å². The van der Waals surface area contributed by atoms with E-state index in [-0.39, 0.29) is 28.8 Å². The third-order valence-electron chi connectivity index (χ3n) is 4.66. The number of ether oxygens (including phenoxy) is 1. The first-order chi connectivity index (χ1) is 16.2. The number of carbonyl (C=O) groups excluding carboxylic acids is 1. The zero-order valence-corrected chi connectivity index (χ0v) is 18.7. The summed E-state index contributed by atoms with van der Waals surface area (Å²) >= 11 is 12.0. The number of nitrogens with zero attached hydrogens (tertiary/aromatic N) is 3. The van der Waals surface area contributed by atoms with Crippen LogP contribution in [-0.2, 0) is 12.7 Å². The molecule has 4 aromatic rings. The molecule has 0 aliphatic heterocycles. The van der Waals surface area contributed by atoms with Crippen molar-refractivity contribution in [1.29, 1.82) is 0 Å². The molecule has 1 N–H and O–H groups in total. The average molecular weight is 507 g/mol. The van der Waals surface area contributed by atoms with Gasteiger partial charge in [0, 0.05) is 12.7 Å². The second kappa shape index (κ2) is 9.74. The molecule has 11 heteroatoms. The molecule has 0 spiro atoms. The molecule has 0 aliphatic carbocycles. The highest BCUT2D eigenvalue weighted by atomic mass is 35.5. The number of benzene rings is 2. The maximum atomic E-state index is 12.7. The number of pyridine rings is 1. The van der Waals surface area contributed by atoms with Crippen molar-refractivity contribution in [3.8, 4) is 17.3 Å². The Kier molecular flexibility index (Phi) is 6.76. The van der Waals surface area contributed by atoms with Gasteiger partial charge in [-0.2, -0.15) is 18.3 Å². The molecule has 4 rings (SSSR count). The largest absolute Gasteiger partial charge is 0.457 e. The van der Waals surface area contributed by atoms with Crippen LogP contribution in [0.3, 0.4) is 0 Å². The Morgan fingerprint density at radius 2 is 1.65 bits per heavy atom. The van der Waals surface area contributed by atoms with Crippen molar-refractivity contribution in [2.75, 3.05) is 0 Å². The van der Waals surface area contributed by atoms with Crippen molar-refractivity contribution in [3.05, 3.63) is 99.9 Å². The molecule has 34 heavy (non-hydrogen) atoms. The van der Waals surface area contributed by atoms with E-state index in [0.29, 0.717) is 10.8 Å². The molecular formula is C23H15Cl2F3N4O2. The van der Waals surface area contributed by atoms with Crippen molar-refractivity contribution < 1.29 is 22.7 Å². The lowest BCUT2D eigenvalue weighted by atomic mass is 10.2. The van der Waals surface area contributed by atoms with Crippen LogP contribution in [0.1, 0.15) is 21.6 Å². The Bertz CT molecular complexity index is 1310. The molecule has 0 saturated heterocycles. The zero-order valence-electron chi connectivity index (χ0n) is 17.2. The number of nitrogens with one attached hydrogen (secondary N) is 1. The van der Waals surface area contributed by atoms with Crippen LogP contribution in [0.25, 0.3) is 5.82 Å². The number of rotatable bonds is 6. The second-order valence-corrected chi connectivity index (χ2v) is 7.88. The van der Waals surface area contributed by atoms with Crippen LogP contribution in [0.5, 0.6) is 11.5 Å². The normalized spacial score (nSPS) is 11.3. The predicted octanol–water partition coefficient (Wildman–Crippen LogP) is 6.32. The molecule has 0 atom stereocenters. The number of hydrogen-bond donors (Lipinski definition) is 1. The van der Waals surface area contributed by atoms with Gasteiger partial charge in [-0.25, -0.2) is 9.67 Å². The van der Waals surface area contributed by atoms with Gasteiger partial charge in [-0.1, -0.05) is 35.3 Å². The van der Waals surface area contributed by atoms with Crippen LogP contribution in [-0.4, -0.2) is 20.7 Å². The standard InChI is InChI=1S/C23H15Cl2F3N4O2/c24-16-11-19(25)21(29-13-16)32-20(9-10-31-32)22(33)30-12-14-1-5-17(6-2-14)34-18-7-3-15(4-8-18)23(26,27)28/h1-11,13H,12H2,(H,30,33). The van der Waals surface area contributed by atoms with Crippen LogP contribution in [0, 0.1) is 0 Å². The summed E-state index contributed by atoms with van der Waals surface area (Å²) in [6.45, 7) is 0.215. The van der Waals surface area contributed by atoms with Gasteiger partial charge < -0.3 is 10.1 Å². The van der Waals surface area contributed by atoms with Crippen LogP contribution in [0.15, 0.2) is 73.1 Å². The predicted molar refractivity (Wildman–Crippen MR) is 121 cm³/mol. The van der Waals surface area contributed by atoms with Gasteiger partial charge in [0.05, 0.1) is 21.8 Å². The molecular weight excluding hydrogens is 492 g/mol. The van der Waals surface area contributed by atoms with Crippen molar-refractivity contribution in [3.63, 3.8) is 0 Å². The average Bonchev–Trinajstić information content (AvgIpc) is 3.28. The molecule has 2 heterocycles. The van der Waals surface area contributed by atoms with E-state index in [1.807, 2.05) is 0 Å². The van der Waals surface area contributed by atoms with E-state index in [9.17, 15) is 18.0 Å². The molecule has 174 valence electrons. The SMILES string of the molecule is O=C(NCc1ccc(Oc2ccc(C(F)(F)F)cc2)cc1)c1ccnn1-c1ncc(Cl)cc1Cl. The Labute approximate surface area is 201 Å². The molecule has 2 aromatic carbocycles. The molecule has 0 bridgehead atoms. The van der Waals surface area contributed by atoms with E-state index in [1.165, 1.54) is 41.3 Å². The number of amides is 1. The van der Waals surface area contributed by atoms with E-state index >= 15 is 0 Å². The fraction of sp³-hybridized carbons (Fsp3) is 0.0870. The van der Waals surface area contributed by atoms with Crippen LogP contribution >= 0.6 is 23.2 Å². The van der Waals surface area contributed by atoms with Crippen LogP contribution < -0.4 is 10.1 Å². The van der Waals surface area contributed by atoms with E-state index in [0.717, 1.165) is 17.7 Å². The summed E-state index contributed by atoms with van der Waals surface area (Å²) in [4.78, 5) is 16.8. The maximum absolute atomic E-state index is 12.7. The van der Waals surface area contributed by atoms with E-state index in [4.69, 9.17) is 27.9 Å². The first-order valence-electron chi connectivity index (χ1n) is 9.78. The molecule has 0 aliphatic rings. The topological polar surface area (TPSA) is 69.0 Å². The lowest BCUT2D eigenvalue weighted by Crippen LogP contribution is -2.25. The quantitative estimate of drug-likeness (QED) is 0.332. The second-order valence-electron chi connectivity index (χ2n) is 7.04. The summed E-state index contributed by atoms with van der Waals surface area (Å²) in [5, 5.41) is 7.50. The first-order valence-corrected chi connectivity index (χ1v) is 10.5. The van der Waals surface area contributed by atoms with E-state index < -0.39 is 17.6 Å². The highest BCUT2D eigenvalue weighted by Crippen LogP contribution is 2.31. The summed E-state index contributed by atoms with van der Waals surface area (Å²) in [5.41, 5.74) is 0.266. The van der Waals surface area contributed by atoms with Crippen LogP contribution in [0.4, 0.5) is 13.2 Å². The fourth-order valence-electron chi connectivity index (χ4n) is 3.00. The number of carbonyl (C=O) groups is 1. The van der Waals surface area contributed by atoms with Gasteiger partial charge in [0.25, 0.3) is 5.91 Å². The van der Waals surface area contributed by atoms with Gasteiger partial charge in [-0.05, 0) is 54.1 Å². The minimum absolute atomic E-state index is 0.215. The molecule has 2 aromatic heterocycles. The van der Waals surface area contributed by atoms with Crippen molar-refractivity contribution in [2.24, 2.45) is 0 Å². The minimum atomic E-state index is -4.40. The lowest BCUT2D eigenvalue weighted by Gasteiger charge is -2.11. The third kappa shape index (κ3) is 5.49. The number of aromatic nitrogens is 3. The summed E-state index contributed by atoms with van der Waals surface area (Å²) in [7, 11) is 0. The van der Waals surface area contributed by atoms with Gasteiger partial charge in [-0.15, -0.1) is 0 Å². The van der Waals surface area contributed by atoms with Gasteiger partial charge in [0.2, 0.25) is 0 Å². The molecule has 1 amide bonds. The van der Waals surface area contributed by atoms with E-state index in [1.54, 1.807) is 24.3 Å². The number of halogens is 5. The number of hydrogen-bond acceptors (Lipinski definition) is 4. The Balaban J connectivity index is 1.38. The van der Waals surface area contributed by atoms with Gasteiger partial charge in [-0.3, -0.25) is 4.79 Å². The maximum Gasteiger partial charge on any atom is 0.416 e. The monoisotopic (exact) mass is 506 g/mol. The molecule has 0 unspecified atom stereocenters. The zero-order chi connectivity index (χ0) is 24.3. The van der Waals surface area contributed by atoms with Crippen molar-refractivity contribution >= 4 is 29.1 Å². The van der Waals surface area contributed by atoms with Gasteiger partial charge >= 0.3 is 6.18 Å². The number of alkyl halides is 3. The minimum Gasteiger partial charge on any atom is -0.457 e. The summed E-state index contributed by atoms with van der Waals surface area (Å²) in [6, 6.07) is 14.2. The Morgan fingerprint density at radius 1 is 1.00 bits per heavy atom. The smallest absolute Gasteiger partial charge is 0.416 e. The lowest BCUT2D eigenvalue weighted by molar-refractivity contribution is -0.137. The Morgan fingerprint density at radius 3 is 2.26 bits per heavy atom. The van der Waals surface area contributed by atoms with Crippen LogP contribution in [0.2, 0.25) is 10.0 Å². The third-order valence-corrected chi connectivity index (χ3v) is 5.14. The van der Waals surface area contributed by atoms with Crippen molar-refractivity contribution in [1.82, 2.24) is 20.1 Å². The van der Waals surface area contributed by atoms with E-state index in [2.05, 4.69) is 15.4 Å². The molecule has 6 nitrogen and oxygen atoms in total. The summed E-state index contributed by atoms with van der Waals surface area (Å²) in [6.07, 6.45) is -1.55.